The number of fused-ring (bicyclic) bond motifs is 2. The number of nitrogens with one attached hydrogen (secondary N) is 2. The first kappa shape index (κ1) is 16.4. The van der Waals surface area contributed by atoms with Gasteiger partial charge in [0, 0.05) is 39.5 Å². The van der Waals surface area contributed by atoms with Crippen molar-refractivity contribution in [2.24, 2.45) is 0 Å². The van der Waals surface area contributed by atoms with E-state index >= 15 is 0 Å². The van der Waals surface area contributed by atoms with Crippen molar-refractivity contribution in [3.63, 3.8) is 0 Å². The van der Waals surface area contributed by atoms with Crippen molar-refractivity contribution in [2.45, 2.75) is 6.10 Å². The number of hydrogen-bond donors (Lipinski definition) is 4. The number of aliphatic hydroxyl groups is 2. The van der Waals surface area contributed by atoms with Crippen molar-refractivity contribution < 1.29 is 19.7 Å². The first-order valence-corrected chi connectivity index (χ1v) is 8.31. The van der Waals surface area contributed by atoms with Gasteiger partial charge in [-0.3, -0.25) is 4.79 Å². The third-order valence-electron chi connectivity index (χ3n) is 4.35. The van der Waals surface area contributed by atoms with Gasteiger partial charge in [-0.05, 0) is 30.3 Å². The molecule has 0 aliphatic carbocycles. The number of ether oxygens (including phenoxy) is 1. The van der Waals surface area contributed by atoms with E-state index in [0.29, 0.717) is 11.3 Å². The van der Waals surface area contributed by atoms with Crippen molar-refractivity contribution in [3.05, 3.63) is 59.8 Å². The Bertz CT molecular complexity index is 1010. The van der Waals surface area contributed by atoms with E-state index in [9.17, 15) is 9.90 Å². The van der Waals surface area contributed by atoms with Crippen molar-refractivity contribution in [3.8, 4) is 5.75 Å². The number of H-pyrrole nitrogens is 1. The summed E-state index contributed by atoms with van der Waals surface area (Å²) in [5.74, 6) is 0.458. The smallest absolute Gasteiger partial charge is 0.256 e. The SMILES string of the molecule is O=C1Nc2ccccc2C1=Cc1c[nH]c2ccc(OCC(O)CO)cc12. The predicted octanol–water partition coefficient (Wildman–Crippen LogP) is 2.39. The second-order valence-electron chi connectivity index (χ2n) is 6.16. The second-order valence-corrected chi connectivity index (χ2v) is 6.16. The summed E-state index contributed by atoms with van der Waals surface area (Å²) in [6.45, 7) is -0.336. The van der Waals surface area contributed by atoms with E-state index in [1.54, 1.807) is 6.07 Å². The van der Waals surface area contributed by atoms with Crippen LogP contribution in [0.25, 0.3) is 22.6 Å². The molecule has 4 N–H and O–H groups in total. The van der Waals surface area contributed by atoms with Crippen LogP contribution in [0.15, 0.2) is 48.7 Å². The zero-order chi connectivity index (χ0) is 18.1. The van der Waals surface area contributed by atoms with Crippen molar-refractivity contribution in [1.82, 2.24) is 4.98 Å². The van der Waals surface area contributed by atoms with Gasteiger partial charge in [-0.2, -0.15) is 0 Å². The van der Waals surface area contributed by atoms with E-state index in [-0.39, 0.29) is 19.1 Å². The molecule has 1 aliphatic rings. The number of amides is 1. The molecule has 132 valence electrons. The lowest BCUT2D eigenvalue weighted by Gasteiger charge is -2.09. The summed E-state index contributed by atoms with van der Waals surface area (Å²) in [6.07, 6.45) is 2.78. The summed E-state index contributed by atoms with van der Waals surface area (Å²) in [5, 5.41) is 22.1. The minimum atomic E-state index is -0.919. The van der Waals surface area contributed by atoms with E-state index in [2.05, 4.69) is 10.3 Å². The normalized spacial score (nSPS) is 15.9. The Hall–Kier alpha value is -3.09. The number of carbonyl (C=O) groups is 1. The minimum Gasteiger partial charge on any atom is -0.491 e. The quantitative estimate of drug-likeness (QED) is 0.532. The average molecular weight is 350 g/mol. The van der Waals surface area contributed by atoms with Gasteiger partial charge in [0.25, 0.3) is 5.91 Å². The zero-order valence-electron chi connectivity index (χ0n) is 13.9. The van der Waals surface area contributed by atoms with Gasteiger partial charge < -0.3 is 25.3 Å². The molecular weight excluding hydrogens is 332 g/mol. The lowest BCUT2D eigenvalue weighted by Crippen LogP contribution is -2.21. The van der Waals surface area contributed by atoms with Crippen LogP contribution in [0.1, 0.15) is 11.1 Å². The van der Waals surface area contributed by atoms with Crippen LogP contribution in [-0.2, 0) is 4.79 Å². The standard InChI is InChI=1S/C20H18N2O4/c23-10-13(24)11-26-14-5-6-18-16(8-14)12(9-21-18)7-17-15-3-1-2-4-19(15)22-20(17)25/h1-9,13,21,23-24H,10-11H2,(H,22,25). The molecule has 3 aromatic rings. The monoisotopic (exact) mass is 350 g/mol. The van der Waals surface area contributed by atoms with Gasteiger partial charge in [0.05, 0.1) is 6.61 Å². The Morgan fingerprint density at radius 1 is 1.19 bits per heavy atom. The summed E-state index contributed by atoms with van der Waals surface area (Å²) in [5.41, 5.74) is 4.09. The number of para-hydroxylation sites is 1. The molecule has 1 amide bonds. The molecule has 6 heteroatoms. The molecular formula is C20H18N2O4. The molecule has 0 radical (unpaired) electrons. The summed E-state index contributed by atoms with van der Waals surface area (Å²) < 4.78 is 5.51. The van der Waals surface area contributed by atoms with Gasteiger partial charge in [0.2, 0.25) is 0 Å². The molecule has 0 bridgehead atoms. The van der Waals surface area contributed by atoms with E-state index < -0.39 is 6.10 Å². The van der Waals surface area contributed by atoms with Crippen LogP contribution in [0.5, 0.6) is 5.75 Å². The Labute approximate surface area is 149 Å². The molecule has 0 spiro atoms. The van der Waals surface area contributed by atoms with E-state index in [0.717, 1.165) is 27.7 Å². The summed E-state index contributed by atoms with van der Waals surface area (Å²) in [7, 11) is 0. The highest BCUT2D eigenvalue weighted by atomic mass is 16.5. The Morgan fingerprint density at radius 2 is 2.04 bits per heavy atom. The molecule has 0 saturated carbocycles. The van der Waals surface area contributed by atoms with Crippen LogP contribution in [0.4, 0.5) is 5.69 Å². The van der Waals surface area contributed by atoms with E-state index in [1.807, 2.05) is 48.7 Å². The molecule has 1 atom stereocenters. The molecule has 2 heterocycles. The number of anilines is 1. The number of aromatic amines is 1. The fourth-order valence-electron chi connectivity index (χ4n) is 3.01. The number of carbonyl (C=O) groups excluding carboxylic acids is 1. The highest BCUT2D eigenvalue weighted by molar-refractivity contribution is 6.35. The highest BCUT2D eigenvalue weighted by Crippen LogP contribution is 2.34. The Balaban J connectivity index is 1.70. The first-order valence-electron chi connectivity index (χ1n) is 8.31. The summed E-state index contributed by atoms with van der Waals surface area (Å²) in [4.78, 5) is 15.5. The molecule has 1 aromatic heterocycles. The topological polar surface area (TPSA) is 94.6 Å². The van der Waals surface area contributed by atoms with Crippen LogP contribution in [0.2, 0.25) is 0 Å². The average Bonchev–Trinajstić information content (AvgIpc) is 3.21. The molecule has 4 rings (SSSR count). The predicted molar refractivity (Wildman–Crippen MR) is 99.8 cm³/mol. The number of benzene rings is 2. The highest BCUT2D eigenvalue weighted by Gasteiger charge is 2.23. The molecule has 6 nitrogen and oxygen atoms in total. The number of hydrogen-bond acceptors (Lipinski definition) is 4. The Morgan fingerprint density at radius 3 is 2.88 bits per heavy atom. The third kappa shape index (κ3) is 2.96. The fourth-order valence-corrected chi connectivity index (χ4v) is 3.01. The number of aliphatic hydroxyl groups excluding tert-OH is 2. The van der Waals surface area contributed by atoms with Crippen molar-refractivity contribution in [1.29, 1.82) is 0 Å². The van der Waals surface area contributed by atoms with Gasteiger partial charge in [-0.15, -0.1) is 0 Å². The van der Waals surface area contributed by atoms with E-state index in [1.165, 1.54) is 0 Å². The first-order chi connectivity index (χ1) is 12.7. The van der Waals surface area contributed by atoms with Gasteiger partial charge in [0.15, 0.2) is 0 Å². The molecule has 0 fully saturated rings. The maximum Gasteiger partial charge on any atom is 0.256 e. The van der Waals surface area contributed by atoms with Crippen LogP contribution < -0.4 is 10.1 Å². The number of aromatic nitrogens is 1. The number of rotatable bonds is 5. The summed E-state index contributed by atoms with van der Waals surface area (Å²) >= 11 is 0. The fraction of sp³-hybridized carbons (Fsp3) is 0.150. The zero-order valence-corrected chi connectivity index (χ0v) is 13.9. The Kier molecular flexibility index (Phi) is 4.20. The lowest BCUT2D eigenvalue weighted by atomic mass is 10.0. The molecule has 1 aliphatic heterocycles. The van der Waals surface area contributed by atoms with Crippen LogP contribution in [0, 0.1) is 0 Å². The van der Waals surface area contributed by atoms with Crippen molar-refractivity contribution in [2.75, 3.05) is 18.5 Å². The largest absolute Gasteiger partial charge is 0.491 e. The molecule has 2 aromatic carbocycles. The van der Waals surface area contributed by atoms with Crippen LogP contribution in [-0.4, -0.2) is 40.4 Å². The van der Waals surface area contributed by atoms with Gasteiger partial charge >= 0.3 is 0 Å². The van der Waals surface area contributed by atoms with Gasteiger partial charge in [-0.25, -0.2) is 0 Å². The second kappa shape index (κ2) is 6.67. The summed E-state index contributed by atoms with van der Waals surface area (Å²) in [6, 6.07) is 13.1. The van der Waals surface area contributed by atoms with Crippen LogP contribution in [0.3, 0.4) is 0 Å². The van der Waals surface area contributed by atoms with Crippen molar-refractivity contribution >= 4 is 34.1 Å². The molecule has 1 unspecified atom stereocenters. The van der Waals surface area contributed by atoms with Crippen LogP contribution >= 0.6 is 0 Å². The molecule has 26 heavy (non-hydrogen) atoms. The van der Waals surface area contributed by atoms with E-state index in [4.69, 9.17) is 9.84 Å². The third-order valence-corrected chi connectivity index (χ3v) is 4.35. The molecule has 0 saturated heterocycles. The lowest BCUT2D eigenvalue weighted by molar-refractivity contribution is -0.110. The maximum atomic E-state index is 12.3. The van der Waals surface area contributed by atoms with Gasteiger partial charge in [0.1, 0.15) is 18.5 Å². The minimum absolute atomic E-state index is 0.0125. The maximum absolute atomic E-state index is 12.3. The van der Waals surface area contributed by atoms with Gasteiger partial charge in [-0.1, -0.05) is 18.2 Å².